The van der Waals surface area contributed by atoms with E-state index in [4.69, 9.17) is 21.3 Å². The highest BCUT2D eigenvalue weighted by Crippen LogP contribution is 2.32. The lowest BCUT2D eigenvalue weighted by molar-refractivity contribution is 0.296. The first-order valence-electron chi connectivity index (χ1n) is 12.2. The summed E-state index contributed by atoms with van der Waals surface area (Å²) in [6, 6.07) is 21.4. The summed E-state index contributed by atoms with van der Waals surface area (Å²) in [4.78, 5) is 18.2. The number of nitrogens with zero attached hydrogens (tertiary/aromatic N) is 2. The zero-order valence-electron chi connectivity index (χ0n) is 21.0. The second kappa shape index (κ2) is 10.7. The Morgan fingerprint density at radius 3 is 2.43 bits per heavy atom. The Bertz CT molecular complexity index is 1370. The van der Waals surface area contributed by atoms with Crippen LogP contribution in [0, 0.1) is 6.92 Å². The molecule has 4 aromatic rings. The summed E-state index contributed by atoms with van der Waals surface area (Å²) >= 11 is 6.08. The number of rotatable bonds is 8. The monoisotopic (exact) mass is 488 g/mol. The standard InChI is InChI=1S/C30H33ClN2O2/c1-21-12-17-27(25(20-21)30(2,3)4)35-19-9-5-8-18-33-28(22-13-15-23(31)16-14-22)32-26-11-7-6-10-24(26)29(33)34/h6-7,10-17,20H,5,8-9,18-19H2,1-4H3. The van der Waals surface area contributed by atoms with Crippen molar-refractivity contribution >= 4 is 22.5 Å². The van der Waals surface area contributed by atoms with Gasteiger partial charge in [0.1, 0.15) is 11.6 Å². The minimum absolute atomic E-state index is 0.00808. The number of para-hydroxylation sites is 1. The van der Waals surface area contributed by atoms with Gasteiger partial charge in [-0.05, 0) is 79.6 Å². The molecule has 0 atom stereocenters. The van der Waals surface area contributed by atoms with E-state index < -0.39 is 0 Å². The third-order valence-corrected chi connectivity index (χ3v) is 6.44. The summed E-state index contributed by atoms with van der Waals surface area (Å²) in [5.74, 6) is 1.64. The van der Waals surface area contributed by atoms with E-state index in [0.717, 1.165) is 30.6 Å². The molecule has 0 spiro atoms. The summed E-state index contributed by atoms with van der Waals surface area (Å²) in [7, 11) is 0. The molecule has 0 saturated carbocycles. The van der Waals surface area contributed by atoms with Crippen LogP contribution in [-0.2, 0) is 12.0 Å². The second-order valence-corrected chi connectivity index (χ2v) is 10.5. The molecule has 0 N–H and O–H groups in total. The average Bonchev–Trinajstić information content (AvgIpc) is 2.83. The molecule has 182 valence electrons. The smallest absolute Gasteiger partial charge is 0.261 e. The molecular formula is C30H33ClN2O2. The first-order valence-corrected chi connectivity index (χ1v) is 12.6. The summed E-state index contributed by atoms with van der Waals surface area (Å²) in [6.45, 7) is 10.0. The predicted octanol–water partition coefficient (Wildman–Crippen LogP) is 7.57. The van der Waals surface area contributed by atoms with E-state index in [9.17, 15) is 4.79 Å². The molecule has 4 rings (SSSR count). The molecule has 0 radical (unpaired) electrons. The van der Waals surface area contributed by atoms with Gasteiger partial charge >= 0.3 is 0 Å². The van der Waals surface area contributed by atoms with Gasteiger partial charge in [0.2, 0.25) is 0 Å². The molecule has 5 heteroatoms. The first kappa shape index (κ1) is 25.0. The molecule has 0 aliphatic rings. The fourth-order valence-corrected chi connectivity index (χ4v) is 4.41. The van der Waals surface area contributed by atoms with Gasteiger partial charge in [0.25, 0.3) is 5.56 Å². The molecule has 35 heavy (non-hydrogen) atoms. The van der Waals surface area contributed by atoms with Crippen molar-refractivity contribution < 1.29 is 4.74 Å². The normalized spacial score (nSPS) is 11.7. The quantitative estimate of drug-likeness (QED) is 0.240. The Balaban J connectivity index is 1.45. The number of aromatic nitrogens is 2. The van der Waals surface area contributed by atoms with Crippen LogP contribution in [0.2, 0.25) is 5.02 Å². The lowest BCUT2D eigenvalue weighted by Crippen LogP contribution is -2.23. The van der Waals surface area contributed by atoms with Crippen molar-refractivity contribution in [1.29, 1.82) is 0 Å². The Hall–Kier alpha value is -3.11. The topological polar surface area (TPSA) is 44.1 Å². The van der Waals surface area contributed by atoms with Gasteiger partial charge in [-0.3, -0.25) is 9.36 Å². The fraction of sp³-hybridized carbons (Fsp3) is 0.333. The van der Waals surface area contributed by atoms with Gasteiger partial charge in [-0.1, -0.05) is 62.2 Å². The Kier molecular flexibility index (Phi) is 7.61. The SMILES string of the molecule is Cc1ccc(OCCCCCn2c(-c3ccc(Cl)cc3)nc3ccccc3c2=O)c(C(C)(C)C)c1. The Morgan fingerprint density at radius 1 is 0.943 bits per heavy atom. The van der Waals surface area contributed by atoms with Crippen LogP contribution >= 0.6 is 11.6 Å². The van der Waals surface area contributed by atoms with Crippen molar-refractivity contribution in [3.8, 4) is 17.1 Å². The number of hydrogen-bond acceptors (Lipinski definition) is 3. The second-order valence-electron chi connectivity index (χ2n) is 10.1. The highest BCUT2D eigenvalue weighted by atomic mass is 35.5. The van der Waals surface area contributed by atoms with Gasteiger partial charge in [-0.2, -0.15) is 0 Å². The Morgan fingerprint density at radius 2 is 1.69 bits per heavy atom. The van der Waals surface area contributed by atoms with Crippen molar-refractivity contribution in [3.05, 3.63) is 93.2 Å². The third kappa shape index (κ3) is 5.94. The van der Waals surface area contributed by atoms with E-state index in [2.05, 4.69) is 45.9 Å². The van der Waals surface area contributed by atoms with Crippen LogP contribution < -0.4 is 10.3 Å². The molecule has 0 aliphatic heterocycles. The number of aryl methyl sites for hydroxylation is 1. The van der Waals surface area contributed by atoms with Gasteiger partial charge < -0.3 is 4.74 Å². The molecule has 0 fully saturated rings. The van der Waals surface area contributed by atoms with Crippen molar-refractivity contribution in [2.45, 2.75) is 58.9 Å². The fourth-order valence-electron chi connectivity index (χ4n) is 4.28. The maximum absolute atomic E-state index is 13.3. The van der Waals surface area contributed by atoms with Gasteiger partial charge in [0, 0.05) is 17.1 Å². The maximum atomic E-state index is 13.3. The van der Waals surface area contributed by atoms with Crippen LogP contribution in [0.4, 0.5) is 0 Å². The first-order chi connectivity index (χ1) is 16.7. The predicted molar refractivity (Wildman–Crippen MR) is 146 cm³/mol. The van der Waals surface area contributed by atoms with Gasteiger partial charge in [-0.15, -0.1) is 0 Å². The molecule has 0 aliphatic carbocycles. The van der Waals surface area contributed by atoms with E-state index in [-0.39, 0.29) is 11.0 Å². The van der Waals surface area contributed by atoms with Crippen LogP contribution in [0.5, 0.6) is 5.75 Å². The van der Waals surface area contributed by atoms with E-state index in [0.29, 0.717) is 34.9 Å². The summed E-state index contributed by atoms with van der Waals surface area (Å²) < 4.78 is 7.96. The van der Waals surface area contributed by atoms with E-state index >= 15 is 0 Å². The molecule has 1 heterocycles. The molecule has 3 aromatic carbocycles. The van der Waals surface area contributed by atoms with Crippen molar-refractivity contribution in [2.75, 3.05) is 6.61 Å². The van der Waals surface area contributed by atoms with E-state index in [1.165, 1.54) is 11.1 Å². The largest absolute Gasteiger partial charge is 0.493 e. The minimum Gasteiger partial charge on any atom is -0.493 e. The minimum atomic E-state index is -0.00808. The van der Waals surface area contributed by atoms with Gasteiger partial charge in [-0.25, -0.2) is 4.98 Å². The van der Waals surface area contributed by atoms with E-state index in [1.54, 1.807) is 4.57 Å². The molecule has 0 bridgehead atoms. The number of fused-ring (bicyclic) bond motifs is 1. The highest BCUT2D eigenvalue weighted by molar-refractivity contribution is 6.30. The molecule has 0 amide bonds. The van der Waals surface area contributed by atoms with Crippen LogP contribution in [0.3, 0.4) is 0 Å². The summed E-state index contributed by atoms with van der Waals surface area (Å²) in [5, 5.41) is 1.30. The van der Waals surface area contributed by atoms with Gasteiger partial charge in [0.15, 0.2) is 0 Å². The number of benzene rings is 3. The maximum Gasteiger partial charge on any atom is 0.261 e. The lowest BCUT2D eigenvalue weighted by atomic mass is 9.85. The number of ether oxygens (including phenoxy) is 1. The number of halogens is 1. The van der Waals surface area contributed by atoms with Crippen LogP contribution in [0.1, 0.15) is 51.2 Å². The lowest BCUT2D eigenvalue weighted by Gasteiger charge is -2.23. The average molecular weight is 489 g/mol. The van der Waals surface area contributed by atoms with E-state index in [1.807, 2.05) is 48.5 Å². The van der Waals surface area contributed by atoms with Crippen molar-refractivity contribution in [2.24, 2.45) is 0 Å². The molecule has 4 nitrogen and oxygen atoms in total. The molecule has 0 unspecified atom stereocenters. The van der Waals surface area contributed by atoms with Crippen LogP contribution in [0.25, 0.3) is 22.3 Å². The molecule has 0 saturated heterocycles. The highest BCUT2D eigenvalue weighted by Gasteiger charge is 2.19. The molecular weight excluding hydrogens is 456 g/mol. The summed E-state index contributed by atoms with van der Waals surface area (Å²) in [5.41, 5.74) is 4.09. The van der Waals surface area contributed by atoms with Crippen LogP contribution in [-0.4, -0.2) is 16.2 Å². The van der Waals surface area contributed by atoms with Crippen LogP contribution in [0.15, 0.2) is 71.5 Å². The number of unbranched alkanes of at least 4 members (excludes halogenated alkanes) is 2. The zero-order chi connectivity index (χ0) is 25.0. The summed E-state index contributed by atoms with van der Waals surface area (Å²) in [6.07, 6.45) is 2.74. The molecule has 1 aromatic heterocycles. The van der Waals surface area contributed by atoms with Gasteiger partial charge in [0.05, 0.1) is 17.5 Å². The zero-order valence-corrected chi connectivity index (χ0v) is 21.7. The van der Waals surface area contributed by atoms with Crippen molar-refractivity contribution in [1.82, 2.24) is 9.55 Å². The Labute approximate surface area is 212 Å². The van der Waals surface area contributed by atoms with Crippen molar-refractivity contribution in [3.63, 3.8) is 0 Å². The third-order valence-electron chi connectivity index (χ3n) is 6.19. The number of hydrogen-bond donors (Lipinski definition) is 0.